The van der Waals surface area contributed by atoms with Crippen LogP contribution in [-0.4, -0.2) is 42.7 Å². The number of sulfonamides is 1. The summed E-state index contributed by atoms with van der Waals surface area (Å²) in [5, 5.41) is 3.35. The van der Waals surface area contributed by atoms with Gasteiger partial charge in [-0.15, -0.1) is 0 Å². The van der Waals surface area contributed by atoms with Gasteiger partial charge in [-0.25, -0.2) is 8.42 Å². The van der Waals surface area contributed by atoms with Crippen molar-refractivity contribution in [1.29, 1.82) is 0 Å². The number of aromatic nitrogens is 1. The Kier molecular flexibility index (Phi) is 4.59. The van der Waals surface area contributed by atoms with Crippen molar-refractivity contribution < 1.29 is 8.42 Å². The molecule has 1 aromatic heterocycles. The van der Waals surface area contributed by atoms with Crippen molar-refractivity contribution >= 4 is 31.6 Å². The van der Waals surface area contributed by atoms with E-state index in [9.17, 15) is 13.2 Å². The Morgan fingerprint density at radius 2 is 2.17 bits per heavy atom. The summed E-state index contributed by atoms with van der Waals surface area (Å²) < 4.78 is 27.7. The standard InChI is InChI=1S/C15H21N3O3S2/c1-17-13-6-5-11(8-14(13)22-15(17)19)9-16-10-12-4-3-7-18(12)23(2,20)21/h5-6,8,12,16H,3-4,7,9-10H2,1-2H3/t12-/m1/s1. The molecule has 1 saturated heterocycles. The quantitative estimate of drug-likeness (QED) is 0.872. The fourth-order valence-electron chi connectivity index (χ4n) is 3.12. The van der Waals surface area contributed by atoms with E-state index in [4.69, 9.17) is 0 Å². The summed E-state index contributed by atoms with van der Waals surface area (Å²) in [6, 6.07) is 6.03. The molecule has 126 valence electrons. The highest BCUT2D eigenvalue weighted by Gasteiger charge is 2.30. The number of benzene rings is 1. The maximum absolute atomic E-state index is 11.7. The largest absolute Gasteiger partial charge is 0.311 e. The van der Waals surface area contributed by atoms with Crippen LogP contribution in [0.4, 0.5) is 0 Å². The molecule has 2 heterocycles. The molecule has 1 fully saturated rings. The second-order valence-electron chi connectivity index (χ2n) is 6.03. The van der Waals surface area contributed by atoms with Gasteiger partial charge < -0.3 is 9.88 Å². The maximum atomic E-state index is 11.7. The van der Waals surface area contributed by atoms with Gasteiger partial charge in [0.05, 0.1) is 16.5 Å². The van der Waals surface area contributed by atoms with Gasteiger partial charge in [0.1, 0.15) is 0 Å². The first kappa shape index (κ1) is 16.6. The lowest BCUT2D eigenvalue weighted by molar-refractivity contribution is 0.374. The van der Waals surface area contributed by atoms with E-state index in [2.05, 4.69) is 5.32 Å². The summed E-state index contributed by atoms with van der Waals surface area (Å²) >= 11 is 1.25. The molecule has 1 aromatic carbocycles. The minimum atomic E-state index is -3.12. The number of aryl methyl sites for hydroxylation is 1. The van der Waals surface area contributed by atoms with Crippen LogP contribution in [0, 0.1) is 0 Å². The molecule has 1 aliphatic heterocycles. The third kappa shape index (κ3) is 3.50. The zero-order valence-corrected chi connectivity index (χ0v) is 14.9. The summed E-state index contributed by atoms with van der Waals surface area (Å²) in [7, 11) is -1.34. The van der Waals surface area contributed by atoms with Gasteiger partial charge in [0.15, 0.2) is 0 Å². The van der Waals surface area contributed by atoms with Gasteiger partial charge in [0.25, 0.3) is 0 Å². The Morgan fingerprint density at radius 1 is 1.39 bits per heavy atom. The minimum Gasteiger partial charge on any atom is -0.311 e. The summed E-state index contributed by atoms with van der Waals surface area (Å²) in [6.45, 7) is 1.94. The summed E-state index contributed by atoms with van der Waals surface area (Å²) in [5.74, 6) is 0. The molecule has 23 heavy (non-hydrogen) atoms. The zero-order valence-electron chi connectivity index (χ0n) is 13.3. The molecule has 0 aliphatic carbocycles. The second kappa shape index (κ2) is 6.35. The van der Waals surface area contributed by atoms with Crippen LogP contribution >= 0.6 is 11.3 Å². The first-order valence-electron chi connectivity index (χ1n) is 7.62. The second-order valence-corrected chi connectivity index (χ2v) is 8.96. The smallest absolute Gasteiger partial charge is 0.307 e. The molecule has 0 amide bonds. The molecular formula is C15H21N3O3S2. The van der Waals surface area contributed by atoms with Crippen molar-refractivity contribution in [2.24, 2.45) is 7.05 Å². The van der Waals surface area contributed by atoms with Gasteiger partial charge in [-0.2, -0.15) is 4.31 Å². The van der Waals surface area contributed by atoms with Gasteiger partial charge in [-0.3, -0.25) is 4.79 Å². The average Bonchev–Trinajstić information content (AvgIpc) is 3.05. The van der Waals surface area contributed by atoms with Crippen molar-refractivity contribution in [3.63, 3.8) is 0 Å². The van der Waals surface area contributed by atoms with Crippen LogP contribution in [0.3, 0.4) is 0 Å². The zero-order chi connectivity index (χ0) is 16.6. The summed E-state index contributed by atoms with van der Waals surface area (Å²) in [4.78, 5) is 11.7. The molecule has 1 aliphatic rings. The van der Waals surface area contributed by atoms with Crippen molar-refractivity contribution in [2.45, 2.75) is 25.4 Å². The number of fused-ring (bicyclic) bond motifs is 1. The third-order valence-electron chi connectivity index (χ3n) is 4.31. The Balaban J connectivity index is 1.64. The van der Waals surface area contributed by atoms with Crippen LogP contribution in [0.15, 0.2) is 23.0 Å². The Hall–Kier alpha value is -1.22. The number of nitrogens with one attached hydrogen (secondary N) is 1. The van der Waals surface area contributed by atoms with Crippen LogP contribution in [-0.2, 0) is 23.6 Å². The Morgan fingerprint density at radius 3 is 2.91 bits per heavy atom. The van der Waals surface area contributed by atoms with Crippen molar-refractivity contribution in [3.8, 4) is 0 Å². The van der Waals surface area contributed by atoms with Crippen molar-refractivity contribution in [2.75, 3.05) is 19.3 Å². The van der Waals surface area contributed by atoms with Gasteiger partial charge in [-0.1, -0.05) is 17.4 Å². The Bertz CT molecular complexity index is 870. The summed E-state index contributed by atoms with van der Waals surface area (Å²) in [5.41, 5.74) is 2.05. The van der Waals surface area contributed by atoms with Crippen LogP contribution in [0.2, 0.25) is 0 Å². The maximum Gasteiger partial charge on any atom is 0.307 e. The normalized spacial score (nSPS) is 19.7. The van der Waals surface area contributed by atoms with Gasteiger partial charge in [-0.05, 0) is 30.5 Å². The molecule has 0 bridgehead atoms. The van der Waals surface area contributed by atoms with E-state index >= 15 is 0 Å². The van der Waals surface area contributed by atoms with Gasteiger partial charge >= 0.3 is 4.87 Å². The molecule has 0 radical (unpaired) electrons. The highest BCUT2D eigenvalue weighted by Crippen LogP contribution is 2.20. The molecule has 0 unspecified atom stereocenters. The van der Waals surface area contributed by atoms with Crippen LogP contribution in [0.5, 0.6) is 0 Å². The highest BCUT2D eigenvalue weighted by atomic mass is 32.2. The molecule has 0 saturated carbocycles. The van der Waals surface area contributed by atoms with E-state index in [1.54, 1.807) is 15.9 Å². The lowest BCUT2D eigenvalue weighted by Crippen LogP contribution is -2.40. The molecule has 6 nitrogen and oxygen atoms in total. The van der Waals surface area contributed by atoms with Crippen LogP contribution < -0.4 is 10.2 Å². The van der Waals surface area contributed by atoms with E-state index in [1.165, 1.54) is 17.6 Å². The lowest BCUT2D eigenvalue weighted by atomic mass is 10.2. The van der Waals surface area contributed by atoms with Crippen LogP contribution in [0.25, 0.3) is 10.2 Å². The Labute approximate surface area is 139 Å². The number of rotatable bonds is 5. The number of thiazole rings is 1. The summed E-state index contributed by atoms with van der Waals surface area (Å²) in [6.07, 6.45) is 3.10. The average molecular weight is 355 g/mol. The first-order chi connectivity index (χ1) is 10.9. The SMILES string of the molecule is Cn1c(=O)sc2cc(CNC[C@H]3CCCN3S(C)(=O)=O)ccc21. The first-order valence-corrected chi connectivity index (χ1v) is 10.3. The van der Waals surface area contributed by atoms with Crippen LogP contribution in [0.1, 0.15) is 18.4 Å². The fourth-order valence-corrected chi connectivity index (χ4v) is 5.25. The molecular weight excluding hydrogens is 334 g/mol. The van der Waals surface area contributed by atoms with Crippen molar-refractivity contribution in [3.05, 3.63) is 33.4 Å². The molecule has 2 aromatic rings. The molecule has 1 N–H and O–H groups in total. The van der Waals surface area contributed by atoms with Gasteiger partial charge in [0.2, 0.25) is 10.0 Å². The molecule has 0 spiro atoms. The number of hydrogen-bond acceptors (Lipinski definition) is 5. The minimum absolute atomic E-state index is 0.0415. The number of nitrogens with zero attached hydrogens (tertiary/aromatic N) is 2. The topological polar surface area (TPSA) is 71.4 Å². The molecule has 3 rings (SSSR count). The predicted molar refractivity (Wildman–Crippen MR) is 93.3 cm³/mol. The highest BCUT2D eigenvalue weighted by molar-refractivity contribution is 7.88. The predicted octanol–water partition coefficient (Wildman–Crippen LogP) is 1.11. The molecule has 1 atom stereocenters. The van der Waals surface area contributed by atoms with E-state index in [0.717, 1.165) is 28.6 Å². The molecule has 8 heteroatoms. The van der Waals surface area contributed by atoms with Crippen molar-refractivity contribution in [1.82, 2.24) is 14.2 Å². The fraction of sp³-hybridized carbons (Fsp3) is 0.533. The van der Waals surface area contributed by atoms with Gasteiger partial charge in [0, 0.05) is 32.7 Å². The van der Waals surface area contributed by atoms with E-state index in [0.29, 0.717) is 19.6 Å². The van der Waals surface area contributed by atoms with E-state index in [1.807, 2.05) is 18.2 Å². The third-order valence-corrected chi connectivity index (χ3v) is 6.64. The monoisotopic (exact) mass is 355 g/mol. The van der Waals surface area contributed by atoms with E-state index in [-0.39, 0.29) is 10.9 Å². The lowest BCUT2D eigenvalue weighted by Gasteiger charge is -2.22. The van der Waals surface area contributed by atoms with E-state index < -0.39 is 10.0 Å². The number of hydrogen-bond donors (Lipinski definition) is 1.